The summed E-state index contributed by atoms with van der Waals surface area (Å²) in [6.45, 7) is 0. The first kappa shape index (κ1) is 21.0. The number of rotatable bonds is 6. The summed E-state index contributed by atoms with van der Waals surface area (Å²) in [5.74, 6) is -4.09. The molecule has 6 nitrogen and oxygen atoms in total. The van der Waals surface area contributed by atoms with Crippen molar-refractivity contribution < 1.29 is 22.7 Å². The molecule has 0 spiro atoms. The first-order valence-corrected chi connectivity index (χ1v) is 9.77. The molecule has 29 heavy (non-hydrogen) atoms. The Balaban J connectivity index is 1.67. The Morgan fingerprint density at radius 2 is 1.93 bits per heavy atom. The minimum atomic E-state index is -1.31. The first-order chi connectivity index (χ1) is 13.9. The van der Waals surface area contributed by atoms with Crippen LogP contribution in [0.1, 0.15) is 0 Å². The lowest BCUT2D eigenvalue weighted by atomic mass is 10.3. The van der Waals surface area contributed by atoms with E-state index in [9.17, 15) is 18.0 Å². The van der Waals surface area contributed by atoms with Crippen LogP contribution in [-0.4, -0.2) is 25.1 Å². The second-order valence-corrected chi connectivity index (χ2v) is 7.65. The number of aromatic nitrogens is 1. The normalized spacial score (nSPS) is 10.7. The number of amides is 2. The number of ether oxygens (including phenoxy) is 1. The van der Waals surface area contributed by atoms with Crippen LogP contribution >= 0.6 is 23.3 Å². The van der Waals surface area contributed by atoms with E-state index in [2.05, 4.69) is 15.0 Å². The van der Waals surface area contributed by atoms with Crippen molar-refractivity contribution in [3.8, 4) is 10.8 Å². The average Bonchev–Trinajstić information content (AvgIpc) is 3.12. The fraction of sp³-hybridized carbons (Fsp3) is 0.111. The molecular weight excluding hydrogens is 425 g/mol. The van der Waals surface area contributed by atoms with Gasteiger partial charge in [-0.05, 0) is 37.2 Å². The Morgan fingerprint density at radius 1 is 1.17 bits per heavy atom. The van der Waals surface area contributed by atoms with Crippen molar-refractivity contribution in [2.45, 2.75) is 4.90 Å². The maximum atomic E-state index is 13.7. The van der Waals surface area contributed by atoms with Gasteiger partial charge in [0.15, 0.2) is 28.3 Å². The van der Waals surface area contributed by atoms with Gasteiger partial charge in [0.25, 0.3) is 0 Å². The molecule has 1 heterocycles. The number of nitrogens with one attached hydrogen (secondary N) is 2. The zero-order valence-corrected chi connectivity index (χ0v) is 16.8. The van der Waals surface area contributed by atoms with Crippen LogP contribution in [0, 0.1) is 17.5 Å². The summed E-state index contributed by atoms with van der Waals surface area (Å²) in [7, 11) is 3.39. The van der Waals surface area contributed by atoms with E-state index in [1.165, 1.54) is 23.0 Å². The summed E-state index contributed by atoms with van der Waals surface area (Å²) >= 11 is 2.32. The highest BCUT2D eigenvalue weighted by molar-refractivity contribution is 7.97. The summed E-state index contributed by atoms with van der Waals surface area (Å²) in [5, 5.41) is 2.89. The summed E-state index contributed by atoms with van der Waals surface area (Å²) < 4.78 is 48.1. The zero-order chi connectivity index (χ0) is 21.0. The number of anilines is 2. The van der Waals surface area contributed by atoms with Gasteiger partial charge in [0.05, 0.1) is 6.20 Å². The van der Waals surface area contributed by atoms with Gasteiger partial charge in [0.2, 0.25) is 5.06 Å². The van der Waals surface area contributed by atoms with E-state index in [-0.39, 0.29) is 10.2 Å². The van der Waals surface area contributed by atoms with E-state index in [4.69, 9.17) is 4.74 Å². The van der Waals surface area contributed by atoms with Gasteiger partial charge in [0, 0.05) is 29.8 Å². The lowest BCUT2D eigenvalue weighted by Crippen LogP contribution is -2.31. The maximum Gasteiger partial charge on any atom is 0.327 e. The van der Waals surface area contributed by atoms with Gasteiger partial charge in [-0.2, -0.15) is 0 Å². The monoisotopic (exact) mass is 440 g/mol. The molecule has 0 saturated carbocycles. The molecule has 3 rings (SSSR count). The number of carbonyl (C=O) groups excluding carboxylic acids is 1. The van der Waals surface area contributed by atoms with E-state index in [0.29, 0.717) is 17.8 Å². The highest BCUT2D eigenvalue weighted by Crippen LogP contribution is 2.33. The summed E-state index contributed by atoms with van der Waals surface area (Å²) in [6.07, 6.45) is 1.24. The minimum Gasteiger partial charge on any atom is -0.442 e. The summed E-state index contributed by atoms with van der Waals surface area (Å²) in [5.41, 5.74) is 0.666. The molecular formula is C18H15F3N4O2S2. The molecule has 11 heteroatoms. The minimum absolute atomic E-state index is 0.0975. The number of urea groups is 1. The Labute approximate surface area is 172 Å². The molecule has 0 aliphatic carbocycles. The number of halogens is 3. The number of hydrogen-bond donors (Lipinski definition) is 2. The van der Waals surface area contributed by atoms with Crippen molar-refractivity contribution in [2.75, 3.05) is 24.3 Å². The zero-order valence-electron chi connectivity index (χ0n) is 15.2. The Morgan fingerprint density at radius 3 is 2.69 bits per heavy atom. The van der Waals surface area contributed by atoms with Crippen molar-refractivity contribution in [1.29, 1.82) is 0 Å². The topological polar surface area (TPSA) is 66.5 Å². The smallest absolute Gasteiger partial charge is 0.327 e. The van der Waals surface area contributed by atoms with Gasteiger partial charge in [-0.1, -0.05) is 17.4 Å². The van der Waals surface area contributed by atoms with Gasteiger partial charge in [-0.15, -0.1) is 0 Å². The third-order valence-electron chi connectivity index (χ3n) is 3.61. The molecule has 2 aromatic carbocycles. The molecule has 1 aromatic heterocycles. The van der Waals surface area contributed by atoms with Gasteiger partial charge in [-0.3, -0.25) is 14.9 Å². The third kappa shape index (κ3) is 5.19. The molecule has 0 aliphatic rings. The van der Waals surface area contributed by atoms with Crippen molar-refractivity contribution in [1.82, 2.24) is 9.71 Å². The van der Waals surface area contributed by atoms with Crippen molar-refractivity contribution >= 4 is 40.1 Å². The third-order valence-corrected chi connectivity index (χ3v) is 5.10. The molecule has 0 radical (unpaired) electrons. The van der Waals surface area contributed by atoms with Crippen LogP contribution in [0.15, 0.2) is 47.5 Å². The van der Waals surface area contributed by atoms with Crippen molar-refractivity contribution in [2.24, 2.45) is 0 Å². The molecule has 0 fully saturated rings. The Bertz CT molecular complexity index is 1030. The molecule has 0 atom stereocenters. The van der Waals surface area contributed by atoms with Crippen LogP contribution in [0.2, 0.25) is 0 Å². The molecule has 0 unspecified atom stereocenters. The quantitative estimate of drug-likeness (QED) is 0.405. The Hall–Kier alpha value is -2.76. The van der Waals surface area contributed by atoms with E-state index in [1.54, 1.807) is 20.2 Å². The number of thiazole rings is 1. The second kappa shape index (κ2) is 9.16. The number of hydrogen-bond acceptors (Lipinski definition) is 6. The number of nitrogens with zero attached hydrogens (tertiary/aromatic N) is 2. The fourth-order valence-electron chi connectivity index (χ4n) is 2.22. The standard InChI is InChI=1S/C18H15F3N4O2S2/c1-22-29-11-5-3-4-10(6-11)25(2)18(26)24-17-23-9-16(28-17)27-15-8-13(20)12(19)7-14(15)21/h3-9,22H,1-2H3,(H,23,24,26). The lowest BCUT2D eigenvalue weighted by molar-refractivity contribution is 0.258. The van der Waals surface area contributed by atoms with Crippen LogP contribution < -0.4 is 19.7 Å². The van der Waals surface area contributed by atoms with E-state index in [1.807, 2.05) is 18.2 Å². The first-order valence-electron chi connectivity index (χ1n) is 8.14. The van der Waals surface area contributed by atoms with Crippen LogP contribution in [0.25, 0.3) is 0 Å². The molecule has 152 valence electrons. The molecule has 2 amide bonds. The van der Waals surface area contributed by atoms with E-state index < -0.39 is 29.2 Å². The summed E-state index contributed by atoms with van der Waals surface area (Å²) in [6, 6.07) is 7.89. The van der Waals surface area contributed by atoms with E-state index in [0.717, 1.165) is 16.2 Å². The highest BCUT2D eigenvalue weighted by Gasteiger charge is 2.16. The van der Waals surface area contributed by atoms with E-state index >= 15 is 0 Å². The lowest BCUT2D eigenvalue weighted by Gasteiger charge is -2.17. The van der Waals surface area contributed by atoms with Crippen molar-refractivity contribution in [3.63, 3.8) is 0 Å². The van der Waals surface area contributed by atoms with Gasteiger partial charge in [0.1, 0.15) is 0 Å². The highest BCUT2D eigenvalue weighted by atomic mass is 32.2. The second-order valence-electron chi connectivity index (χ2n) is 5.58. The van der Waals surface area contributed by atoms with Gasteiger partial charge in [-0.25, -0.2) is 22.9 Å². The maximum absolute atomic E-state index is 13.7. The fourth-order valence-corrected chi connectivity index (χ4v) is 3.45. The van der Waals surface area contributed by atoms with Gasteiger partial charge >= 0.3 is 6.03 Å². The SMILES string of the molecule is CNSc1cccc(N(C)C(=O)Nc2ncc(Oc3cc(F)c(F)cc3F)s2)c1. The average molecular weight is 440 g/mol. The molecule has 0 saturated heterocycles. The van der Waals surface area contributed by atoms with Crippen LogP contribution in [0.3, 0.4) is 0 Å². The largest absolute Gasteiger partial charge is 0.442 e. The van der Waals surface area contributed by atoms with Crippen molar-refractivity contribution in [3.05, 3.63) is 60.0 Å². The van der Waals surface area contributed by atoms with Crippen LogP contribution in [-0.2, 0) is 0 Å². The molecule has 3 aromatic rings. The molecule has 0 aliphatic heterocycles. The summed E-state index contributed by atoms with van der Waals surface area (Å²) in [4.78, 5) is 18.8. The van der Waals surface area contributed by atoms with Crippen LogP contribution in [0.4, 0.5) is 28.8 Å². The molecule has 0 bridgehead atoms. The predicted octanol–water partition coefficient (Wildman–Crippen LogP) is 5.25. The Kier molecular flexibility index (Phi) is 6.62. The number of carbonyl (C=O) groups is 1. The predicted molar refractivity (Wildman–Crippen MR) is 107 cm³/mol. The number of benzene rings is 2. The van der Waals surface area contributed by atoms with Gasteiger partial charge < -0.3 is 4.74 Å². The van der Waals surface area contributed by atoms with Crippen LogP contribution in [0.5, 0.6) is 10.8 Å². The molecule has 2 N–H and O–H groups in total.